The van der Waals surface area contributed by atoms with Gasteiger partial charge >= 0.3 is 5.97 Å². The molecule has 0 saturated heterocycles. The minimum absolute atomic E-state index is 0.115. The summed E-state index contributed by atoms with van der Waals surface area (Å²) < 4.78 is 5.74. The zero-order chi connectivity index (χ0) is 13.8. The Balaban J connectivity index is 2.04. The number of hydrogen-bond donors (Lipinski definition) is 0. The standard InChI is InChI=1S/C13H14BrNO4/c14-12-6-5-10(15(17)18)7-11(12)13(16)19-8-9-3-1-2-4-9/h5-7,9H,1-4,8H2. The van der Waals surface area contributed by atoms with Crippen molar-refractivity contribution in [2.75, 3.05) is 6.61 Å². The molecule has 1 aliphatic carbocycles. The predicted octanol–water partition coefficient (Wildman–Crippen LogP) is 3.70. The maximum Gasteiger partial charge on any atom is 0.339 e. The van der Waals surface area contributed by atoms with E-state index in [1.165, 1.54) is 31.0 Å². The third kappa shape index (κ3) is 3.53. The first-order valence-electron chi connectivity index (χ1n) is 6.19. The lowest BCUT2D eigenvalue weighted by Crippen LogP contribution is -2.12. The molecule has 6 heteroatoms. The molecule has 0 unspecified atom stereocenters. The van der Waals surface area contributed by atoms with E-state index in [0.717, 1.165) is 12.8 Å². The van der Waals surface area contributed by atoms with Crippen molar-refractivity contribution in [3.8, 4) is 0 Å². The molecule has 2 rings (SSSR count). The second-order valence-corrected chi connectivity index (χ2v) is 5.52. The van der Waals surface area contributed by atoms with Crippen molar-refractivity contribution in [2.45, 2.75) is 25.7 Å². The molecule has 1 aliphatic rings. The van der Waals surface area contributed by atoms with Crippen molar-refractivity contribution in [3.63, 3.8) is 0 Å². The van der Waals surface area contributed by atoms with Crippen LogP contribution in [0.3, 0.4) is 0 Å². The molecule has 1 saturated carbocycles. The molecular weight excluding hydrogens is 314 g/mol. The summed E-state index contributed by atoms with van der Waals surface area (Å²) in [5, 5.41) is 10.7. The number of nitrogens with zero attached hydrogens (tertiary/aromatic N) is 1. The zero-order valence-corrected chi connectivity index (χ0v) is 11.9. The Hall–Kier alpha value is -1.43. The smallest absolute Gasteiger partial charge is 0.339 e. The molecule has 5 nitrogen and oxygen atoms in total. The number of esters is 1. The van der Waals surface area contributed by atoms with Crippen molar-refractivity contribution in [2.24, 2.45) is 5.92 Å². The SMILES string of the molecule is O=C(OCC1CCCC1)c1cc([N+](=O)[O-])ccc1Br. The normalized spacial score (nSPS) is 15.4. The highest BCUT2D eigenvalue weighted by Gasteiger charge is 2.20. The van der Waals surface area contributed by atoms with Crippen LogP contribution >= 0.6 is 15.9 Å². The highest BCUT2D eigenvalue weighted by atomic mass is 79.9. The van der Waals surface area contributed by atoms with Crippen molar-refractivity contribution in [1.29, 1.82) is 0 Å². The number of nitro groups is 1. The number of halogens is 1. The Bertz CT molecular complexity index is 497. The molecule has 1 fully saturated rings. The van der Waals surface area contributed by atoms with Gasteiger partial charge in [0.05, 0.1) is 17.1 Å². The van der Waals surface area contributed by atoms with E-state index in [4.69, 9.17) is 4.74 Å². The lowest BCUT2D eigenvalue weighted by atomic mass is 10.1. The second kappa shape index (κ2) is 6.14. The fourth-order valence-electron chi connectivity index (χ4n) is 2.23. The van der Waals surface area contributed by atoms with Crippen molar-refractivity contribution in [1.82, 2.24) is 0 Å². The van der Waals surface area contributed by atoms with Crippen LogP contribution in [0.1, 0.15) is 36.0 Å². The van der Waals surface area contributed by atoms with Gasteiger partial charge in [0.1, 0.15) is 0 Å². The summed E-state index contributed by atoms with van der Waals surface area (Å²) in [7, 11) is 0. The largest absolute Gasteiger partial charge is 0.462 e. The first-order valence-corrected chi connectivity index (χ1v) is 6.98. The van der Waals surface area contributed by atoms with Crippen molar-refractivity contribution >= 4 is 27.6 Å². The Morgan fingerprint density at radius 2 is 2.11 bits per heavy atom. The molecule has 0 radical (unpaired) electrons. The van der Waals surface area contributed by atoms with E-state index in [1.54, 1.807) is 0 Å². The van der Waals surface area contributed by atoms with Gasteiger partial charge in [0.15, 0.2) is 0 Å². The summed E-state index contributed by atoms with van der Waals surface area (Å²) in [6.45, 7) is 0.397. The predicted molar refractivity (Wildman–Crippen MR) is 73.0 cm³/mol. The van der Waals surface area contributed by atoms with Crippen molar-refractivity contribution < 1.29 is 14.5 Å². The van der Waals surface area contributed by atoms with Gasteiger partial charge in [0, 0.05) is 16.6 Å². The molecule has 0 aromatic heterocycles. The summed E-state index contributed by atoms with van der Waals surface area (Å²) in [5.74, 6) is -0.0797. The van der Waals surface area contributed by atoms with Gasteiger partial charge in [-0.3, -0.25) is 10.1 Å². The fourth-order valence-corrected chi connectivity index (χ4v) is 2.64. The molecule has 0 heterocycles. The number of nitro benzene ring substituents is 1. The number of benzene rings is 1. The Kier molecular flexibility index (Phi) is 4.52. The fraction of sp³-hybridized carbons (Fsp3) is 0.462. The number of rotatable bonds is 4. The summed E-state index contributed by atoms with van der Waals surface area (Å²) >= 11 is 3.21. The average Bonchev–Trinajstić information content (AvgIpc) is 2.89. The van der Waals surface area contributed by atoms with Crippen LogP contribution in [0.4, 0.5) is 5.69 Å². The number of carbonyl (C=O) groups is 1. The lowest BCUT2D eigenvalue weighted by Gasteiger charge is -2.10. The molecule has 0 spiro atoms. The van der Waals surface area contributed by atoms with Crippen LogP contribution in [-0.4, -0.2) is 17.5 Å². The van der Waals surface area contributed by atoms with Gasteiger partial charge < -0.3 is 4.74 Å². The summed E-state index contributed by atoms with van der Waals surface area (Å²) in [6.07, 6.45) is 4.54. The molecule has 0 aliphatic heterocycles. The van der Waals surface area contributed by atoms with E-state index < -0.39 is 10.9 Å². The Morgan fingerprint density at radius 1 is 1.42 bits per heavy atom. The lowest BCUT2D eigenvalue weighted by molar-refractivity contribution is -0.384. The van der Waals surface area contributed by atoms with E-state index in [9.17, 15) is 14.9 Å². The molecule has 0 amide bonds. The Labute approximate surface area is 119 Å². The maximum atomic E-state index is 11.9. The molecule has 1 aromatic rings. The number of ether oxygens (including phenoxy) is 1. The molecule has 0 N–H and O–H groups in total. The van der Waals surface area contributed by atoms with E-state index >= 15 is 0 Å². The van der Waals surface area contributed by atoms with Crippen LogP contribution in [0.2, 0.25) is 0 Å². The van der Waals surface area contributed by atoms with E-state index in [-0.39, 0.29) is 11.3 Å². The third-order valence-corrected chi connectivity index (χ3v) is 4.00. The van der Waals surface area contributed by atoms with Gasteiger partial charge in [-0.25, -0.2) is 4.79 Å². The summed E-state index contributed by atoms with van der Waals surface area (Å²) in [6, 6.07) is 4.07. The van der Waals surface area contributed by atoms with Crippen LogP contribution in [0.25, 0.3) is 0 Å². The van der Waals surface area contributed by atoms with Gasteiger partial charge in [-0.2, -0.15) is 0 Å². The van der Waals surface area contributed by atoms with Crippen LogP contribution in [-0.2, 0) is 4.74 Å². The highest BCUT2D eigenvalue weighted by Crippen LogP contribution is 2.26. The highest BCUT2D eigenvalue weighted by molar-refractivity contribution is 9.10. The molecule has 0 atom stereocenters. The molecular formula is C13H14BrNO4. The molecule has 1 aromatic carbocycles. The number of carbonyl (C=O) groups excluding carboxylic acids is 1. The van der Waals surface area contributed by atoms with Gasteiger partial charge in [-0.05, 0) is 40.8 Å². The quantitative estimate of drug-likeness (QED) is 0.480. The summed E-state index contributed by atoms with van der Waals surface area (Å²) in [5.41, 5.74) is 0.0863. The molecule has 19 heavy (non-hydrogen) atoms. The monoisotopic (exact) mass is 327 g/mol. The zero-order valence-electron chi connectivity index (χ0n) is 10.3. The Morgan fingerprint density at radius 3 is 2.74 bits per heavy atom. The minimum atomic E-state index is -0.528. The van der Waals surface area contributed by atoms with Crippen LogP contribution in [0, 0.1) is 16.0 Å². The molecule has 0 bridgehead atoms. The topological polar surface area (TPSA) is 69.4 Å². The molecule has 102 valence electrons. The van der Waals surface area contributed by atoms with Crippen molar-refractivity contribution in [3.05, 3.63) is 38.3 Å². The number of non-ortho nitro benzene ring substituents is 1. The van der Waals surface area contributed by atoms with Gasteiger partial charge in [0.2, 0.25) is 0 Å². The second-order valence-electron chi connectivity index (χ2n) is 4.67. The van der Waals surface area contributed by atoms with Crippen LogP contribution in [0.15, 0.2) is 22.7 Å². The van der Waals surface area contributed by atoms with E-state index in [2.05, 4.69) is 15.9 Å². The van der Waals surface area contributed by atoms with Gasteiger partial charge in [0.25, 0.3) is 5.69 Å². The van der Waals surface area contributed by atoms with E-state index in [1.807, 2.05) is 0 Å². The number of hydrogen-bond acceptors (Lipinski definition) is 4. The first-order chi connectivity index (χ1) is 9.08. The third-order valence-electron chi connectivity index (χ3n) is 3.31. The van der Waals surface area contributed by atoms with Crippen LogP contribution < -0.4 is 0 Å². The summed E-state index contributed by atoms with van der Waals surface area (Å²) in [4.78, 5) is 22.1. The van der Waals surface area contributed by atoms with Gasteiger partial charge in [-0.15, -0.1) is 0 Å². The minimum Gasteiger partial charge on any atom is -0.462 e. The van der Waals surface area contributed by atoms with E-state index in [0.29, 0.717) is 17.0 Å². The van der Waals surface area contributed by atoms with Gasteiger partial charge in [-0.1, -0.05) is 12.8 Å². The maximum absolute atomic E-state index is 11.9. The first kappa shape index (κ1) is 14.0. The average molecular weight is 328 g/mol. The van der Waals surface area contributed by atoms with Crippen LogP contribution in [0.5, 0.6) is 0 Å².